The van der Waals surface area contributed by atoms with Crippen molar-refractivity contribution in [1.29, 1.82) is 0 Å². The largest absolute Gasteiger partial charge is 0.354 e. The van der Waals surface area contributed by atoms with Crippen LogP contribution in [0.3, 0.4) is 0 Å². The second kappa shape index (κ2) is 10.8. The van der Waals surface area contributed by atoms with Crippen LogP contribution in [0.1, 0.15) is 36.8 Å². The Kier molecular flexibility index (Phi) is 8.09. The molecular formula is C24H33N3O3S. The number of sulfonamides is 1. The number of likely N-dealkylation sites (tertiary alicyclic amines) is 1. The lowest BCUT2D eigenvalue weighted by atomic mass is 10.1. The predicted octanol–water partition coefficient (Wildman–Crippen LogP) is 3.49. The van der Waals surface area contributed by atoms with Gasteiger partial charge < -0.3 is 10.2 Å². The van der Waals surface area contributed by atoms with E-state index >= 15 is 0 Å². The summed E-state index contributed by atoms with van der Waals surface area (Å²) >= 11 is 0. The van der Waals surface area contributed by atoms with Gasteiger partial charge in [0.05, 0.1) is 10.6 Å². The first-order chi connectivity index (χ1) is 14.9. The van der Waals surface area contributed by atoms with Crippen molar-refractivity contribution < 1.29 is 13.2 Å². The summed E-state index contributed by atoms with van der Waals surface area (Å²) in [5.41, 5.74) is 2.38. The van der Waals surface area contributed by atoms with Gasteiger partial charge in [0.15, 0.2) is 0 Å². The highest BCUT2D eigenvalue weighted by atomic mass is 32.2. The Bertz CT molecular complexity index is 971. The number of amides is 1. The molecule has 1 saturated heterocycles. The number of nitrogens with zero attached hydrogens (tertiary/aromatic N) is 2. The van der Waals surface area contributed by atoms with Crippen LogP contribution in [0.4, 0.5) is 5.69 Å². The third-order valence-electron chi connectivity index (χ3n) is 5.66. The van der Waals surface area contributed by atoms with E-state index in [4.69, 9.17) is 0 Å². The van der Waals surface area contributed by atoms with Crippen molar-refractivity contribution in [2.45, 2.75) is 44.4 Å². The lowest BCUT2D eigenvalue weighted by Gasteiger charge is -2.27. The van der Waals surface area contributed by atoms with Crippen LogP contribution in [0.5, 0.6) is 0 Å². The average Bonchev–Trinajstić information content (AvgIpc) is 2.77. The van der Waals surface area contributed by atoms with Gasteiger partial charge in [-0.05, 0) is 76.5 Å². The minimum absolute atomic E-state index is 0.174. The molecule has 0 unspecified atom stereocenters. The molecule has 6 nitrogen and oxygen atoms in total. The zero-order chi connectivity index (χ0) is 22.3. The Hall–Kier alpha value is -2.38. The van der Waals surface area contributed by atoms with E-state index in [0.717, 1.165) is 37.2 Å². The molecule has 0 aromatic heterocycles. The number of aryl methyl sites for hydroxylation is 2. The van der Waals surface area contributed by atoms with Crippen LogP contribution in [0, 0.1) is 13.8 Å². The average molecular weight is 444 g/mol. The van der Waals surface area contributed by atoms with Gasteiger partial charge in [-0.2, -0.15) is 0 Å². The van der Waals surface area contributed by atoms with Crippen molar-refractivity contribution in [3.05, 3.63) is 59.7 Å². The summed E-state index contributed by atoms with van der Waals surface area (Å²) in [6.07, 6.45) is 4.65. The monoisotopic (exact) mass is 443 g/mol. The molecule has 1 fully saturated rings. The molecule has 0 spiro atoms. The van der Waals surface area contributed by atoms with Crippen LogP contribution in [0.25, 0.3) is 0 Å². The normalized spacial score (nSPS) is 14.9. The summed E-state index contributed by atoms with van der Waals surface area (Å²) in [4.78, 5) is 15.3. The van der Waals surface area contributed by atoms with Crippen molar-refractivity contribution in [1.82, 2.24) is 10.2 Å². The number of carbonyl (C=O) groups excluding carboxylic acids is 1. The van der Waals surface area contributed by atoms with E-state index in [-0.39, 0.29) is 17.3 Å². The van der Waals surface area contributed by atoms with Gasteiger partial charge >= 0.3 is 0 Å². The van der Waals surface area contributed by atoms with E-state index in [1.54, 1.807) is 36.4 Å². The summed E-state index contributed by atoms with van der Waals surface area (Å²) in [6, 6.07) is 13.8. The third-order valence-corrected chi connectivity index (χ3v) is 7.44. The molecule has 1 amide bonds. The zero-order valence-electron chi connectivity index (χ0n) is 18.5. The Morgan fingerprint density at radius 1 is 1.03 bits per heavy atom. The van der Waals surface area contributed by atoms with Gasteiger partial charge in [-0.15, -0.1) is 0 Å². The molecule has 7 heteroatoms. The molecule has 2 aromatic carbocycles. The summed E-state index contributed by atoms with van der Waals surface area (Å²) in [6.45, 7) is 7.34. The fourth-order valence-corrected chi connectivity index (χ4v) is 5.51. The predicted molar refractivity (Wildman–Crippen MR) is 125 cm³/mol. The summed E-state index contributed by atoms with van der Waals surface area (Å²) < 4.78 is 28.0. The Morgan fingerprint density at radius 3 is 2.42 bits per heavy atom. The SMILES string of the molecule is Cc1ccc(N(CC(=O)NCCCN2CCCCC2)S(=O)(=O)c2ccccc2)c(C)c1. The Morgan fingerprint density at radius 2 is 1.74 bits per heavy atom. The minimum atomic E-state index is -3.87. The summed E-state index contributed by atoms with van der Waals surface area (Å²) in [7, 11) is -3.87. The molecule has 0 atom stereocenters. The first kappa shape index (κ1) is 23.3. The first-order valence-corrected chi connectivity index (χ1v) is 12.5. The van der Waals surface area contributed by atoms with Gasteiger partial charge in [0.1, 0.15) is 6.54 Å². The Labute approximate surface area is 186 Å². The number of anilines is 1. The van der Waals surface area contributed by atoms with Crippen LogP contribution < -0.4 is 9.62 Å². The summed E-state index contributed by atoms with van der Waals surface area (Å²) in [5.74, 6) is -0.293. The first-order valence-electron chi connectivity index (χ1n) is 11.0. The third kappa shape index (κ3) is 6.31. The molecular weight excluding hydrogens is 410 g/mol. The molecule has 0 bridgehead atoms. The highest BCUT2D eigenvalue weighted by Gasteiger charge is 2.28. The smallest absolute Gasteiger partial charge is 0.264 e. The second-order valence-corrected chi connectivity index (χ2v) is 10.1. The van der Waals surface area contributed by atoms with E-state index in [0.29, 0.717) is 12.2 Å². The Balaban J connectivity index is 1.70. The van der Waals surface area contributed by atoms with Crippen LogP contribution in [-0.4, -0.2) is 51.9 Å². The lowest BCUT2D eigenvalue weighted by Crippen LogP contribution is -2.42. The fourth-order valence-electron chi connectivity index (χ4n) is 4.00. The number of piperidine rings is 1. The molecule has 0 saturated carbocycles. The zero-order valence-corrected chi connectivity index (χ0v) is 19.3. The second-order valence-electron chi connectivity index (χ2n) is 8.22. The van der Waals surface area contributed by atoms with Crippen LogP contribution in [0.2, 0.25) is 0 Å². The van der Waals surface area contributed by atoms with Gasteiger partial charge in [0.25, 0.3) is 10.0 Å². The van der Waals surface area contributed by atoms with Crippen molar-refractivity contribution >= 4 is 21.6 Å². The number of benzene rings is 2. The fraction of sp³-hybridized carbons (Fsp3) is 0.458. The van der Waals surface area contributed by atoms with E-state index in [2.05, 4.69) is 10.2 Å². The minimum Gasteiger partial charge on any atom is -0.354 e. The molecule has 1 aliphatic rings. The molecule has 31 heavy (non-hydrogen) atoms. The van der Waals surface area contributed by atoms with Crippen LogP contribution >= 0.6 is 0 Å². The number of hydrogen-bond acceptors (Lipinski definition) is 4. The molecule has 0 aliphatic carbocycles. The summed E-state index contributed by atoms with van der Waals surface area (Å²) in [5, 5.41) is 2.91. The molecule has 168 valence electrons. The molecule has 0 radical (unpaired) electrons. The highest BCUT2D eigenvalue weighted by molar-refractivity contribution is 7.92. The van der Waals surface area contributed by atoms with E-state index in [1.165, 1.54) is 23.6 Å². The number of nitrogens with one attached hydrogen (secondary N) is 1. The maximum absolute atomic E-state index is 13.4. The van der Waals surface area contributed by atoms with Gasteiger partial charge in [-0.1, -0.05) is 42.3 Å². The highest BCUT2D eigenvalue weighted by Crippen LogP contribution is 2.27. The molecule has 1 heterocycles. The molecule has 1 N–H and O–H groups in total. The molecule has 3 rings (SSSR count). The van der Waals surface area contributed by atoms with E-state index < -0.39 is 10.0 Å². The maximum Gasteiger partial charge on any atom is 0.264 e. The van der Waals surface area contributed by atoms with Crippen LogP contribution in [-0.2, 0) is 14.8 Å². The maximum atomic E-state index is 13.4. The van der Waals surface area contributed by atoms with Crippen LogP contribution in [0.15, 0.2) is 53.4 Å². The number of carbonyl (C=O) groups is 1. The van der Waals surface area contributed by atoms with Crippen molar-refractivity contribution in [2.75, 3.05) is 37.0 Å². The van der Waals surface area contributed by atoms with Crippen molar-refractivity contribution in [2.24, 2.45) is 0 Å². The topological polar surface area (TPSA) is 69.7 Å². The molecule has 1 aliphatic heterocycles. The van der Waals surface area contributed by atoms with E-state index in [9.17, 15) is 13.2 Å². The van der Waals surface area contributed by atoms with Gasteiger partial charge in [-0.3, -0.25) is 9.10 Å². The van der Waals surface area contributed by atoms with E-state index in [1.807, 2.05) is 26.0 Å². The number of hydrogen-bond donors (Lipinski definition) is 1. The van der Waals surface area contributed by atoms with Gasteiger partial charge in [-0.25, -0.2) is 8.42 Å². The number of rotatable bonds is 9. The molecule has 2 aromatic rings. The van der Waals surface area contributed by atoms with Gasteiger partial charge in [0.2, 0.25) is 5.91 Å². The van der Waals surface area contributed by atoms with Gasteiger partial charge in [0, 0.05) is 6.54 Å². The quantitative estimate of drug-likeness (QED) is 0.603. The lowest BCUT2D eigenvalue weighted by molar-refractivity contribution is -0.119. The standard InChI is InChI=1S/C24H33N3O3S/c1-20-12-13-23(21(2)18-20)27(31(29,30)22-10-5-3-6-11-22)19-24(28)25-14-9-17-26-15-7-4-8-16-26/h3,5-6,10-13,18H,4,7-9,14-17,19H2,1-2H3,(H,25,28). The van der Waals surface area contributed by atoms with Crippen molar-refractivity contribution in [3.63, 3.8) is 0 Å². The van der Waals surface area contributed by atoms with Crippen molar-refractivity contribution in [3.8, 4) is 0 Å².